The van der Waals surface area contributed by atoms with Gasteiger partial charge in [-0.25, -0.2) is 0 Å². The fourth-order valence-corrected chi connectivity index (χ4v) is 2.93. The molecule has 1 aromatic heterocycles. The van der Waals surface area contributed by atoms with Gasteiger partial charge in [-0.1, -0.05) is 27.2 Å². The summed E-state index contributed by atoms with van der Waals surface area (Å²) in [6.45, 7) is 6.56. The van der Waals surface area contributed by atoms with E-state index in [4.69, 9.17) is 0 Å². The van der Waals surface area contributed by atoms with Gasteiger partial charge in [-0.05, 0) is 31.4 Å². The van der Waals surface area contributed by atoms with Crippen LogP contribution < -0.4 is 0 Å². The van der Waals surface area contributed by atoms with Crippen molar-refractivity contribution in [2.75, 3.05) is 0 Å². The monoisotopic (exact) mass is 274 g/mol. The van der Waals surface area contributed by atoms with Crippen LogP contribution in [0, 0.1) is 10.1 Å². The minimum absolute atomic E-state index is 0.169. The van der Waals surface area contributed by atoms with Crippen LogP contribution in [-0.4, -0.2) is 9.49 Å². The van der Waals surface area contributed by atoms with Gasteiger partial charge in [0, 0.05) is 34.8 Å². The largest absolute Gasteiger partial charge is 0.342 e. The van der Waals surface area contributed by atoms with Crippen LogP contribution >= 0.6 is 0 Å². The summed E-state index contributed by atoms with van der Waals surface area (Å²) in [6.07, 6.45) is 4.25. The molecular formula is C16H22N2O2. The highest BCUT2D eigenvalue weighted by atomic mass is 16.6. The third-order valence-corrected chi connectivity index (χ3v) is 3.93. The molecule has 4 heteroatoms. The summed E-state index contributed by atoms with van der Waals surface area (Å²) in [4.78, 5) is 10.6. The predicted molar refractivity (Wildman–Crippen MR) is 82.2 cm³/mol. The van der Waals surface area contributed by atoms with Gasteiger partial charge in [-0.15, -0.1) is 0 Å². The Kier molecular flexibility index (Phi) is 4.42. The molecule has 2 rings (SSSR count). The van der Waals surface area contributed by atoms with Gasteiger partial charge in [0.2, 0.25) is 0 Å². The number of rotatable bonds is 6. The fraction of sp³-hybridized carbons (Fsp3) is 0.500. The van der Waals surface area contributed by atoms with Crippen LogP contribution in [0.15, 0.2) is 24.3 Å². The normalized spacial score (nSPS) is 11.4. The standard InChI is InChI=1S/C16H22N2O2/c1-4-7-14-10-12-11-15(18(19)20)8-9-16(12)17(14)13(5-2)6-3/h8-11,13H,4-7H2,1-3H3. The van der Waals surface area contributed by atoms with Crippen LogP contribution in [0.25, 0.3) is 10.9 Å². The maximum Gasteiger partial charge on any atom is 0.270 e. The summed E-state index contributed by atoms with van der Waals surface area (Å²) in [5.74, 6) is 0. The molecular weight excluding hydrogens is 252 g/mol. The highest BCUT2D eigenvalue weighted by Crippen LogP contribution is 2.30. The number of aryl methyl sites for hydroxylation is 1. The Morgan fingerprint density at radius 1 is 1.20 bits per heavy atom. The maximum atomic E-state index is 10.9. The smallest absolute Gasteiger partial charge is 0.270 e. The van der Waals surface area contributed by atoms with Gasteiger partial charge < -0.3 is 4.57 Å². The molecule has 0 saturated heterocycles. The number of nitro groups is 1. The van der Waals surface area contributed by atoms with Gasteiger partial charge in [-0.3, -0.25) is 10.1 Å². The molecule has 0 fully saturated rings. The Morgan fingerprint density at radius 3 is 2.45 bits per heavy atom. The second kappa shape index (κ2) is 6.07. The van der Waals surface area contributed by atoms with E-state index in [9.17, 15) is 10.1 Å². The van der Waals surface area contributed by atoms with E-state index >= 15 is 0 Å². The summed E-state index contributed by atoms with van der Waals surface area (Å²) < 4.78 is 2.38. The molecule has 2 aromatic rings. The minimum atomic E-state index is -0.326. The first-order valence-electron chi connectivity index (χ1n) is 7.40. The Labute approximate surface area is 119 Å². The topological polar surface area (TPSA) is 48.1 Å². The number of aromatic nitrogens is 1. The van der Waals surface area contributed by atoms with Crippen molar-refractivity contribution in [2.45, 2.75) is 52.5 Å². The molecule has 0 amide bonds. The van der Waals surface area contributed by atoms with Gasteiger partial charge in [0.05, 0.1) is 4.92 Å². The fourth-order valence-electron chi connectivity index (χ4n) is 2.93. The highest BCUT2D eigenvalue weighted by Gasteiger charge is 2.16. The molecule has 20 heavy (non-hydrogen) atoms. The zero-order chi connectivity index (χ0) is 14.7. The molecule has 0 unspecified atom stereocenters. The Morgan fingerprint density at radius 2 is 1.90 bits per heavy atom. The Hall–Kier alpha value is -1.84. The first-order valence-corrected chi connectivity index (χ1v) is 7.40. The van der Waals surface area contributed by atoms with Crippen molar-refractivity contribution in [1.82, 2.24) is 4.57 Å². The number of benzene rings is 1. The first-order chi connectivity index (χ1) is 9.62. The van der Waals surface area contributed by atoms with Crippen molar-refractivity contribution in [3.63, 3.8) is 0 Å². The van der Waals surface area contributed by atoms with Crippen LogP contribution in [0.5, 0.6) is 0 Å². The molecule has 0 bridgehead atoms. The van der Waals surface area contributed by atoms with Gasteiger partial charge in [0.15, 0.2) is 0 Å². The van der Waals surface area contributed by atoms with Crippen LogP contribution in [0.1, 0.15) is 51.8 Å². The second-order valence-electron chi connectivity index (χ2n) is 5.23. The van der Waals surface area contributed by atoms with E-state index in [0.29, 0.717) is 6.04 Å². The number of hydrogen-bond acceptors (Lipinski definition) is 2. The summed E-state index contributed by atoms with van der Waals surface area (Å²) in [5, 5.41) is 11.9. The SMILES string of the molecule is CCCc1cc2cc([N+](=O)[O-])ccc2n1C(CC)CC. The lowest BCUT2D eigenvalue weighted by atomic mass is 10.1. The van der Waals surface area contributed by atoms with Crippen LogP contribution in [0.3, 0.4) is 0 Å². The number of fused-ring (bicyclic) bond motifs is 1. The molecule has 0 spiro atoms. The summed E-state index contributed by atoms with van der Waals surface area (Å²) in [6, 6.07) is 7.77. The third-order valence-electron chi connectivity index (χ3n) is 3.93. The first kappa shape index (κ1) is 14.6. The van der Waals surface area contributed by atoms with Crippen LogP contribution in [-0.2, 0) is 6.42 Å². The highest BCUT2D eigenvalue weighted by molar-refractivity contribution is 5.84. The minimum Gasteiger partial charge on any atom is -0.342 e. The number of nitro benzene ring substituents is 1. The quantitative estimate of drug-likeness (QED) is 0.557. The van der Waals surface area contributed by atoms with E-state index in [1.54, 1.807) is 12.1 Å². The lowest BCUT2D eigenvalue weighted by Crippen LogP contribution is -2.10. The van der Waals surface area contributed by atoms with Gasteiger partial charge in [0.25, 0.3) is 5.69 Å². The molecule has 4 nitrogen and oxygen atoms in total. The number of nitrogens with zero attached hydrogens (tertiary/aromatic N) is 2. The summed E-state index contributed by atoms with van der Waals surface area (Å²) in [5.41, 5.74) is 2.58. The van der Waals surface area contributed by atoms with Crippen molar-refractivity contribution >= 4 is 16.6 Å². The maximum absolute atomic E-state index is 10.9. The van der Waals surface area contributed by atoms with E-state index in [1.165, 1.54) is 5.69 Å². The molecule has 0 saturated carbocycles. The molecule has 108 valence electrons. The van der Waals surface area contributed by atoms with Crippen molar-refractivity contribution in [1.29, 1.82) is 0 Å². The van der Waals surface area contributed by atoms with E-state index in [2.05, 4.69) is 31.4 Å². The van der Waals surface area contributed by atoms with Gasteiger partial charge in [-0.2, -0.15) is 0 Å². The van der Waals surface area contributed by atoms with Gasteiger partial charge >= 0.3 is 0 Å². The average Bonchev–Trinajstić information content (AvgIpc) is 2.78. The van der Waals surface area contributed by atoms with E-state index in [-0.39, 0.29) is 10.6 Å². The van der Waals surface area contributed by atoms with E-state index in [1.807, 2.05) is 6.07 Å². The number of non-ortho nitro benzene ring substituents is 1. The summed E-state index contributed by atoms with van der Waals surface area (Å²) in [7, 11) is 0. The molecule has 0 radical (unpaired) electrons. The molecule has 1 aromatic carbocycles. The van der Waals surface area contributed by atoms with Crippen LogP contribution in [0.4, 0.5) is 5.69 Å². The number of hydrogen-bond donors (Lipinski definition) is 0. The Balaban J connectivity index is 2.62. The molecule has 0 atom stereocenters. The molecule has 0 aliphatic rings. The van der Waals surface area contributed by atoms with Gasteiger partial charge in [0.1, 0.15) is 0 Å². The third kappa shape index (κ3) is 2.55. The summed E-state index contributed by atoms with van der Waals surface area (Å²) >= 11 is 0. The van der Waals surface area contributed by atoms with Crippen molar-refractivity contribution in [2.24, 2.45) is 0 Å². The van der Waals surface area contributed by atoms with Crippen molar-refractivity contribution < 1.29 is 4.92 Å². The van der Waals surface area contributed by atoms with Crippen molar-refractivity contribution in [3.8, 4) is 0 Å². The van der Waals surface area contributed by atoms with Crippen LogP contribution in [0.2, 0.25) is 0 Å². The zero-order valence-corrected chi connectivity index (χ0v) is 12.4. The lowest BCUT2D eigenvalue weighted by molar-refractivity contribution is -0.384. The van der Waals surface area contributed by atoms with E-state index in [0.717, 1.165) is 36.6 Å². The second-order valence-corrected chi connectivity index (χ2v) is 5.23. The molecule has 0 aliphatic heterocycles. The molecule has 1 heterocycles. The van der Waals surface area contributed by atoms with Crippen molar-refractivity contribution in [3.05, 3.63) is 40.1 Å². The predicted octanol–water partition coefficient (Wildman–Crippen LogP) is 4.86. The zero-order valence-electron chi connectivity index (χ0n) is 12.4. The van der Waals surface area contributed by atoms with E-state index < -0.39 is 0 Å². The Bertz CT molecular complexity index is 612. The molecule has 0 aliphatic carbocycles. The lowest BCUT2D eigenvalue weighted by Gasteiger charge is -2.20. The average molecular weight is 274 g/mol. The molecule has 0 N–H and O–H groups in total.